The number of H-pyrrole nitrogens is 1. The van der Waals surface area contributed by atoms with Crippen molar-refractivity contribution in [2.45, 2.75) is 26.4 Å². The summed E-state index contributed by atoms with van der Waals surface area (Å²) in [4.78, 5) is 16.9. The Morgan fingerprint density at radius 1 is 1.21 bits per heavy atom. The van der Waals surface area contributed by atoms with Gasteiger partial charge in [0.05, 0.1) is 12.2 Å². The standard InChI is InChI=1S/C20H19BrN6OS/c1-13-2-4-14(5-3-13)19-24-25-20(29)27(19)9-8-18(28)22-10-16-12-26-11-15(21)6-7-17(26)23-16/h2-7,11-12H,8-10H2,1H3,(H,22,28)(H,25,29). The van der Waals surface area contributed by atoms with Crippen LogP contribution in [0.5, 0.6) is 0 Å². The molecule has 0 saturated carbocycles. The van der Waals surface area contributed by atoms with E-state index in [-0.39, 0.29) is 5.91 Å². The van der Waals surface area contributed by atoms with Crippen LogP contribution in [0.2, 0.25) is 0 Å². The van der Waals surface area contributed by atoms with Gasteiger partial charge in [0.25, 0.3) is 0 Å². The molecule has 7 nitrogen and oxygen atoms in total. The maximum Gasteiger partial charge on any atom is 0.222 e. The van der Waals surface area contributed by atoms with Gasteiger partial charge in [-0.3, -0.25) is 14.5 Å². The first kappa shape index (κ1) is 19.5. The van der Waals surface area contributed by atoms with Crippen LogP contribution >= 0.6 is 28.1 Å². The van der Waals surface area contributed by atoms with Crippen molar-refractivity contribution in [2.24, 2.45) is 0 Å². The van der Waals surface area contributed by atoms with E-state index in [0.717, 1.165) is 27.2 Å². The maximum absolute atomic E-state index is 12.4. The van der Waals surface area contributed by atoms with Gasteiger partial charge in [0.2, 0.25) is 5.91 Å². The zero-order chi connectivity index (χ0) is 20.4. The highest BCUT2D eigenvalue weighted by molar-refractivity contribution is 9.10. The third-order valence-corrected chi connectivity index (χ3v) is 5.34. The van der Waals surface area contributed by atoms with Crippen LogP contribution in [-0.2, 0) is 17.9 Å². The summed E-state index contributed by atoms with van der Waals surface area (Å²) in [6.07, 6.45) is 4.13. The molecule has 0 bridgehead atoms. The quantitative estimate of drug-likeness (QED) is 0.416. The fourth-order valence-electron chi connectivity index (χ4n) is 3.04. The van der Waals surface area contributed by atoms with Gasteiger partial charge < -0.3 is 9.72 Å². The van der Waals surface area contributed by atoms with Crippen molar-refractivity contribution in [3.8, 4) is 11.4 Å². The van der Waals surface area contributed by atoms with Gasteiger partial charge in [0.15, 0.2) is 10.6 Å². The lowest BCUT2D eigenvalue weighted by Crippen LogP contribution is -2.24. The zero-order valence-electron chi connectivity index (χ0n) is 15.7. The number of aromatic nitrogens is 5. The van der Waals surface area contributed by atoms with Gasteiger partial charge in [0, 0.05) is 35.4 Å². The summed E-state index contributed by atoms with van der Waals surface area (Å²) in [5.41, 5.74) is 3.77. The van der Waals surface area contributed by atoms with Gasteiger partial charge in [-0.25, -0.2) is 4.98 Å². The molecule has 0 spiro atoms. The second kappa shape index (κ2) is 8.30. The maximum atomic E-state index is 12.4. The molecule has 4 aromatic rings. The SMILES string of the molecule is Cc1ccc(-c2n[nH]c(=S)n2CCC(=O)NCc2cn3cc(Br)ccc3n2)cc1. The van der Waals surface area contributed by atoms with Crippen molar-refractivity contribution in [2.75, 3.05) is 0 Å². The predicted molar refractivity (Wildman–Crippen MR) is 117 cm³/mol. The van der Waals surface area contributed by atoms with Crippen LogP contribution in [0.1, 0.15) is 17.7 Å². The molecule has 0 aliphatic heterocycles. The Labute approximate surface area is 180 Å². The Kier molecular flexibility index (Phi) is 5.59. The van der Waals surface area contributed by atoms with Crippen LogP contribution in [0.15, 0.2) is 53.3 Å². The largest absolute Gasteiger partial charge is 0.350 e. The van der Waals surface area contributed by atoms with E-state index in [0.29, 0.717) is 24.3 Å². The second-order valence-electron chi connectivity index (χ2n) is 6.74. The molecule has 9 heteroatoms. The third-order valence-electron chi connectivity index (χ3n) is 4.56. The molecule has 4 rings (SSSR count). The first-order valence-electron chi connectivity index (χ1n) is 9.12. The molecule has 2 N–H and O–H groups in total. The first-order chi connectivity index (χ1) is 14.0. The van der Waals surface area contributed by atoms with Gasteiger partial charge >= 0.3 is 0 Å². The number of fused-ring (bicyclic) bond motifs is 1. The molecule has 0 aliphatic rings. The van der Waals surface area contributed by atoms with E-state index in [1.54, 1.807) is 0 Å². The van der Waals surface area contributed by atoms with Crippen molar-refractivity contribution in [1.82, 2.24) is 29.5 Å². The highest BCUT2D eigenvalue weighted by Gasteiger charge is 2.11. The molecule has 0 fully saturated rings. The van der Waals surface area contributed by atoms with Gasteiger partial charge in [-0.05, 0) is 47.2 Å². The van der Waals surface area contributed by atoms with Crippen molar-refractivity contribution >= 4 is 39.7 Å². The Hall–Kier alpha value is -2.78. The number of hydrogen-bond donors (Lipinski definition) is 2. The van der Waals surface area contributed by atoms with Crippen LogP contribution in [-0.4, -0.2) is 30.1 Å². The Bertz CT molecular complexity index is 1220. The number of imidazole rings is 1. The molecule has 0 radical (unpaired) electrons. The topological polar surface area (TPSA) is 80.0 Å². The van der Waals surface area contributed by atoms with Crippen molar-refractivity contribution in [1.29, 1.82) is 0 Å². The summed E-state index contributed by atoms with van der Waals surface area (Å²) < 4.78 is 5.24. The summed E-state index contributed by atoms with van der Waals surface area (Å²) in [6.45, 7) is 2.86. The lowest BCUT2D eigenvalue weighted by atomic mass is 10.1. The molecule has 0 unspecified atom stereocenters. The molecule has 3 aromatic heterocycles. The van der Waals surface area contributed by atoms with Crippen molar-refractivity contribution in [3.05, 3.63) is 69.3 Å². The smallest absolute Gasteiger partial charge is 0.222 e. The van der Waals surface area contributed by atoms with Crippen LogP contribution in [0.4, 0.5) is 0 Å². The summed E-state index contributed by atoms with van der Waals surface area (Å²) in [6, 6.07) is 11.9. The number of halogens is 1. The number of nitrogens with one attached hydrogen (secondary N) is 2. The number of benzene rings is 1. The van der Waals surface area contributed by atoms with Crippen molar-refractivity contribution in [3.63, 3.8) is 0 Å². The van der Waals surface area contributed by atoms with E-state index in [1.807, 2.05) is 64.7 Å². The number of rotatable bonds is 6. The average molecular weight is 471 g/mol. The van der Waals surface area contributed by atoms with E-state index in [4.69, 9.17) is 12.2 Å². The van der Waals surface area contributed by atoms with Crippen LogP contribution < -0.4 is 5.32 Å². The highest BCUT2D eigenvalue weighted by Crippen LogP contribution is 2.18. The normalized spacial score (nSPS) is 11.1. The number of nitrogens with zero attached hydrogens (tertiary/aromatic N) is 4. The Morgan fingerprint density at radius 3 is 2.79 bits per heavy atom. The molecule has 148 valence electrons. The Morgan fingerprint density at radius 2 is 2.00 bits per heavy atom. The number of carbonyl (C=O) groups excluding carboxylic acids is 1. The monoisotopic (exact) mass is 470 g/mol. The third kappa shape index (κ3) is 4.46. The van der Waals surface area contributed by atoms with Crippen LogP contribution in [0.3, 0.4) is 0 Å². The fourth-order valence-corrected chi connectivity index (χ4v) is 3.62. The van der Waals surface area contributed by atoms with Crippen molar-refractivity contribution < 1.29 is 4.79 Å². The predicted octanol–water partition coefficient (Wildman–Crippen LogP) is 4.03. The fraction of sp³-hybridized carbons (Fsp3) is 0.200. The Balaban J connectivity index is 1.39. The van der Waals surface area contributed by atoms with Gasteiger partial charge in [-0.1, -0.05) is 29.8 Å². The minimum absolute atomic E-state index is 0.0683. The van der Waals surface area contributed by atoms with E-state index in [1.165, 1.54) is 5.56 Å². The number of amides is 1. The number of pyridine rings is 1. The molecule has 3 heterocycles. The molecular weight excluding hydrogens is 452 g/mol. The number of carbonyl (C=O) groups is 1. The second-order valence-corrected chi connectivity index (χ2v) is 8.04. The highest BCUT2D eigenvalue weighted by atomic mass is 79.9. The van der Waals surface area contributed by atoms with Gasteiger partial charge in [0.1, 0.15) is 5.65 Å². The van der Waals surface area contributed by atoms with Crippen LogP contribution in [0, 0.1) is 11.7 Å². The molecule has 0 aliphatic carbocycles. The minimum atomic E-state index is -0.0683. The minimum Gasteiger partial charge on any atom is -0.350 e. The van der Waals surface area contributed by atoms with E-state index >= 15 is 0 Å². The summed E-state index contributed by atoms with van der Waals surface area (Å²) in [5.74, 6) is 0.662. The van der Waals surface area contributed by atoms with Crippen LogP contribution in [0.25, 0.3) is 17.0 Å². The molecular formula is C20H19BrN6OS. The molecule has 0 saturated heterocycles. The summed E-state index contributed by atoms with van der Waals surface area (Å²) in [7, 11) is 0. The molecule has 1 aromatic carbocycles. The van der Waals surface area contributed by atoms with Gasteiger partial charge in [-0.15, -0.1) is 0 Å². The number of hydrogen-bond acceptors (Lipinski definition) is 4. The molecule has 1 amide bonds. The van der Waals surface area contributed by atoms with E-state index in [9.17, 15) is 4.79 Å². The number of aromatic amines is 1. The van der Waals surface area contributed by atoms with E-state index < -0.39 is 0 Å². The lowest BCUT2D eigenvalue weighted by molar-refractivity contribution is -0.121. The summed E-state index contributed by atoms with van der Waals surface area (Å²) in [5, 5.41) is 10.1. The van der Waals surface area contributed by atoms with E-state index in [2.05, 4.69) is 36.4 Å². The zero-order valence-corrected chi connectivity index (χ0v) is 18.1. The number of aryl methyl sites for hydroxylation is 1. The summed E-state index contributed by atoms with van der Waals surface area (Å²) >= 11 is 8.77. The van der Waals surface area contributed by atoms with Gasteiger partial charge in [-0.2, -0.15) is 5.10 Å². The average Bonchev–Trinajstić information content (AvgIpc) is 3.28. The first-order valence-corrected chi connectivity index (χ1v) is 10.3. The molecule has 29 heavy (non-hydrogen) atoms. The molecule has 0 atom stereocenters. The lowest BCUT2D eigenvalue weighted by Gasteiger charge is -2.08.